The average Bonchev–Trinajstić information content (AvgIpc) is 2.33. The van der Waals surface area contributed by atoms with Crippen LogP contribution in [0, 0.1) is 0 Å². The van der Waals surface area contributed by atoms with Crippen molar-refractivity contribution in [2.45, 2.75) is 75.1 Å². The minimum atomic E-state index is -0.397. The zero-order valence-corrected chi connectivity index (χ0v) is 16.9. The molecule has 20 heavy (non-hydrogen) atoms. The molecule has 0 spiro atoms. The molecular formula is C16H32Cl2OSi. The Morgan fingerprint density at radius 2 is 1.40 bits per heavy atom. The first-order valence-corrected chi connectivity index (χ1v) is 9.77. The van der Waals surface area contributed by atoms with Gasteiger partial charge >= 0.3 is 0 Å². The Labute approximate surface area is 138 Å². The summed E-state index contributed by atoms with van der Waals surface area (Å²) in [7, 11) is 0.864. The first-order valence-electron chi connectivity index (χ1n) is 8.02. The summed E-state index contributed by atoms with van der Waals surface area (Å²) in [6.07, 6.45) is 12.6. The number of alkyl halides is 2. The lowest BCUT2D eigenvalue weighted by Gasteiger charge is -2.12. The number of ether oxygens (including phenoxy) is 1. The Morgan fingerprint density at radius 3 is 1.85 bits per heavy atom. The first-order chi connectivity index (χ1) is 9.42. The Kier molecular flexibility index (Phi) is 13.5. The highest BCUT2D eigenvalue weighted by Gasteiger charge is 2.14. The number of hydrogen-bond donors (Lipinski definition) is 0. The van der Waals surface area contributed by atoms with Crippen LogP contribution < -0.4 is 0 Å². The van der Waals surface area contributed by atoms with Crippen LogP contribution in [0.3, 0.4) is 0 Å². The van der Waals surface area contributed by atoms with Crippen LogP contribution in [0.4, 0.5) is 0 Å². The van der Waals surface area contributed by atoms with Gasteiger partial charge in [0.05, 0.1) is 10.6 Å². The van der Waals surface area contributed by atoms with E-state index in [-0.39, 0.29) is 0 Å². The smallest absolute Gasteiger partial charge is 0.0972 e. The van der Waals surface area contributed by atoms with Crippen LogP contribution in [-0.2, 0) is 4.74 Å². The van der Waals surface area contributed by atoms with E-state index in [2.05, 4.69) is 6.58 Å². The fourth-order valence-corrected chi connectivity index (χ4v) is 2.74. The van der Waals surface area contributed by atoms with Crippen molar-refractivity contribution < 1.29 is 4.74 Å². The van der Waals surface area contributed by atoms with Crippen molar-refractivity contribution in [1.29, 1.82) is 0 Å². The summed E-state index contributed by atoms with van der Waals surface area (Å²) in [5, 5.41) is 0. The number of unbranched alkanes of at least 4 members (excludes halogenated alkanes) is 8. The van der Waals surface area contributed by atoms with E-state index in [1.165, 1.54) is 57.8 Å². The Hall–Kier alpha value is 0.497. The van der Waals surface area contributed by atoms with Gasteiger partial charge in [-0.25, -0.2) is 0 Å². The molecule has 0 aliphatic rings. The minimum absolute atomic E-state index is 0.397. The highest BCUT2D eigenvalue weighted by Crippen LogP contribution is 2.23. The topological polar surface area (TPSA) is 9.23 Å². The molecule has 0 bridgehead atoms. The molecule has 120 valence electrons. The van der Waals surface area contributed by atoms with Crippen LogP contribution in [0.15, 0.2) is 12.2 Å². The molecule has 0 aromatic heterocycles. The molecule has 0 aliphatic carbocycles. The lowest BCUT2D eigenvalue weighted by atomic mass is 10.1. The predicted molar refractivity (Wildman–Crippen MR) is 96.2 cm³/mol. The van der Waals surface area contributed by atoms with Gasteiger partial charge in [0, 0.05) is 16.8 Å². The predicted octanol–water partition coefficient (Wildman–Crippen LogP) is 4.98. The molecule has 0 atom stereocenters. The van der Waals surface area contributed by atoms with Gasteiger partial charge in [-0.05, 0) is 19.8 Å². The second-order valence-electron chi connectivity index (χ2n) is 6.01. The van der Waals surface area contributed by atoms with Gasteiger partial charge in [-0.3, -0.25) is 0 Å². The Balaban J connectivity index is 3.05. The maximum Gasteiger partial charge on any atom is 0.0972 e. The van der Waals surface area contributed by atoms with Crippen molar-refractivity contribution in [2.75, 3.05) is 13.2 Å². The average molecular weight is 339 g/mol. The maximum atomic E-state index is 6.00. The van der Waals surface area contributed by atoms with Crippen molar-refractivity contribution in [3.05, 3.63) is 12.2 Å². The summed E-state index contributed by atoms with van der Waals surface area (Å²) in [5.74, 6) is 0. The summed E-state index contributed by atoms with van der Waals surface area (Å²) in [4.78, 5) is 0. The van der Waals surface area contributed by atoms with Gasteiger partial charge in [0.1, 0.15) is 0 Å². The largest absolute Gasteiger partial charge is 0.377 e. The molecule has 1 nitrogen and oxygen atoms in total. The SMILES string of the molecule is C=C(C)COCCCCCCCCCCCC([SiH3])(Cl)Cl. The van der Waals surface area contributed by atoms with Gasteiger partial charge in [0.15, 0.2) is 0 Å². The molecule has 4 heteroatoms. The first kappa shape index (κ1) is 20.5. The molecule has 0 N–H and O–H groups in total. The molecule has 0 rings (SSSR count). The number of halogens is 2. The zero-order valence-electron chi connectivity index (χ0n) is 13.4. The number of rotatable bonds is 14. The minimum Gasteiger partial charge on any atom is -0.377 e. The van der Waals surface area contributed by atoms with Gasteiger partial charge in [0.2, 0.25) is 0 Å². The van der Waals surface area contributed by atoms with Crippen LogP contribution >= 0.6 is 23.2 Å². The fourth-order valence-electron chi connectivity index (χ4n) is 2.12. The lowest BCUT2D eigenvalue weighted by molar-refractivity contribution is 0.151. The molecule has 0 aliphatic heterocycles. The summed E-state index contributed by atoms with van der Waals surface area (Å²) in [5.41, 5.74) is 1.11. The van der Waals surface area contributed by atoms with Crippen molar-refractivity contribution in [3.8, 4) is 0 Å². The summed E-state index contributed by atoms with van der Waals surface area (Å²) < 4.78 is 5.08. The lowest BCUT2D eigenvalue weighted by Crippen LogP contribution is -2.11. The van der Waals surface area contributed by atoms with Crippen LogP contribution in [0.25, 0.3) is 0 Å². The van der Waals surface area contributed by atoms with Crippen molar-refractivity contribution in [1.82, 2.24) is 0 Å². The van der Waals surface area contributed by atoms with Crippen LogP contribution in [0.5, 0.6) is 0 Å². The third kappa shape index (κ3) is 18.5. The summed E-state index contributed by atoms with van der Waals surface area (Å²) >= 11 is 12.0. The van der Waals surface area contributed by atoms with Gasteiger partial charge in [-0.1, -0.05) is 63.5 Å². The zero-order chi connectivity index (χ0) is 15.3. The van der Waals surface area contributed by atoms with E-state index in [0.29, 0.717) is 6.61 Å². The van der Waals surface area contributed by atoms with Crippen molar-refractivity contribution in [2.24, 2.45) is 0 Å². The van der Waals surface area contributed by atoms with E-state index >= 15 is 0 Å². The van der Waals surface area contributed by atoms with E-state index < -0.39 is 3.96 Å². The quantitative estimate of drug-likeness (QED) is 0.188. The van der Waals surface area contributed by atoms with E-state index in [0.717, 1.165) is 28.8 Å². The monoisotopic (exact) mass is 338 g/mol. The molecule has 0 heterocycles. The molecule has 0 fully saturated rings. The van der Waals surface area contributed by atoms with Gasteiger partial charge < -0.3 is 4.74 Å². The Morgan fingerprint density at radius 1 is 0.950 bits per heavy atom. The highest BCUT2D eigenvalue weighted by molar-refractivity contribution is 6.65. The second-order valence-corrected chi connectivity index (χ2v) is 10.8. The van der Waals surface area contributed by atoms with E-state index in [9.17, 15) is 0 Å². The summed E-state index contributed by atoms with van der Waals surface area (Å²) in [6.45, 7) is 7.42. The van der Waals surface area contributed by atoms with E-state index in [4.69, 9.17) is 27.9 Å². The van der Waals surface area contributed by atoms with E-state index in [1.807, 2.05) is 6.92 Å². The Bertz CT molecular complexity index is 239. The van der Waals surface area contributed by atoms with Crippen LogP contribution in [0.1, 0.15) is 71.1 Å². The van der Waals surface area contributed by atoms with Gasteiger partial charge in [0.25, 0.3) is 0 Å². The molecular weight excluding hydrogens is 307 g/mol. The summed E-state index contributed by atoms with van der Waals surface area (Å²) in [6, 6.07) is 0. The molecule has 0 unspecified atom stereocenters. The third-order valence-corrected chi connectivity index (χ3v) is 4.13. The van der Waals surface area contributed by atoms with Gasteiger partial charge in [-0.15, -0.1) is 23.2 Å². The van der Waals surface area contributed by atoms with Crippen molar-refractivity contribution >= 4 is 33.4 Å². The molecule has 0 radical (unpaired) electrons. The van der Waals surface area contributed by atoms with Crippen LogP contribution in [0.2, 0.25) is 0 Å². The second kappa shape index (κ2) is 13.2. The van der Waals surface area contributed by atoms with Crippen LogP contribution in [-0.4, -0.2) is 27.4 Å². The molecule has 0 saturated heterocycles. The third-order valence-electron chi connectivity index (χ3n) is 3.25. The fraction of sp³-hybridized carbons (Fsp3) is 0.875. The van der Waals surface area contributed by atoms with Crippen molar-refractivity contribution in [3.63, 3.8) is 0 Å². The molecule has 0 saturated carbocycles. The van der Waals surface area contributed by atoms with E-state index in [1.54, 1.807) is 0 Å². The molecule has 0 amide bonds. The molecule has 0 aromatic rings. The normalized spacial score (nSPS) is 11.9. The van der Waals surface area contributed by atoms with Gasteiger partial charge in [-0.2, -0.15) is 0 Å². The standard InChI is InChI=1S/C16H32Cl2OSi/c1-15(2)14-19-13-11-9-7-5-3-4-6-8-10-12-16(17,18)20/h1,3-14H2,2,20H3. The number of hydrogen-bond acceptors (Lipinski definition) is 1. The maximum absolute atomic E-state index is 6.00. The molecule has 0 aromatic carbocycles. The highest BCUT2D eigenvalue weighted by atomic mass is 35.5.